The van der Waals surface area contributed by atoms with E-state index in [-0.39, 0.29) is 90.4 Å². The normalized spacial score (nSPS) is 12.8. The number of pyridine rings is 1. The molecule has 672 valence electrons. The molecule has 7 atom stereocenters. The number of fused-ring (bicyclic) bond motifs is 5. The van der Waals surface area contributed by atoms with Crippen LogP contribution in [-0.2, 0) is 78.9 Å². The molecular formula is C81H93N27O20. The third-order valence-corrected chi connectivity index (χ3v) is 20.2. The number of nitrogens with one attached hydrogen (secondary N) is 18. The first-order valence-corrected chi connectivity index (χ1v) is 40.0. The lowest BCUT2D eigenvalue weighted by Gasteiger charge is -2.28. The number of carbonyl (C=O) groups excluding carboxylic acids is 12. The molecule has 0 unspecified atom stereocenters. The number of rotatable bonds is 42. The van der Waals surface area contributed by atoms with Crippen LogP contribution in [0.3, 0.4) is 0 Å². The van der Waals surface area contributed by atoms with Crippen molar-refractivity contribution in [3.8, 4) is 0 Å². The second kappa shape index (κ2) is 43.5. The van der Waals surface area contributed by atoms with Crippen LogP contribution in [-0.4, -0.2) is 220 Å². The third kappa shape index (κ3) is 24.9. The number of aromatic nitrogens is 9. The van der Waals surface area contributed by atoms with Crippen LogP contribution in [0.5, 0.6) is 0 Å². The fraction of sp³-hybridized carbons (Fsp3) is 0.321. The minimum Gasteiger partial charge on any atom is -0.370 e. The largest absolute Gasteiger partial charge is 0.370 e. The molecule has 0 aliphatic heterocycles. The number of nitrogens with zero attached hydrogens (tertiary/aromatic N) is 6. The van der Waals surface area contributed by atoms with Gasteiger partial charge in [0.2, 0.25) is 65.0 Å². The molecule has 5 aromatic heterocycles. The maximum absolute atomic E-state index is 15.4. The number of para-hydroxylation sites is 5. The number of likely N-dealkylation sites (N-methyl/N-ethyl adjacent to an activating group) is 1. The Morgan fingerprint density at radius 3 is 1.27 bits per heavy atom. The molecule has 0 radical (unpaired) electrons. The van der Waals surface area contributed by atoms with E-state index >= 15 is 9.59 Å². The predicted molar refractivity (Wildman–Crippen MR) is 464 cm³/mol. The number of aromatic amines is 4. The number of carbonyl (C=O) groups is 12. The number of amides is 12. The van der Waals surface area contributed by atoms with E-state index in [1.807, 2.05) is 17.1 Å². The monoisotopic (exact) mass is 1760 g/mol. The summed E-state index contributed by atoms with van der Waals surface area (Å²) in [5, 5.41) is 45.4. The van der Waals surface area contributed by atoms with E-state index in [0.29, 0.717) is 58.8 Å². The van der Waals surface area contributed by atoms with E-state index in [9.17, 15) is 86.3 Å². The fourth-order valence-corrected chi connectivity index (χ4v) is 13.8. The van der Waals surface area contributed by atoms with E-state index in [2.05, 4.69) is 83.7 Å². The Morgan fingerprint density at radius 1 is 0.398 bits per heavy atom. The molecular weight excluding hydrogens is 1670 g/mol. The highest BCUT2D eigenvalue weighted by atomic mass is 16.2. The van der Waals surface area contributed by atoms with Gasteiger partial charge in [-0.3, -0.25) is 111 Å². The van der Waals surface area contributed by atoms with Gasteiger partial charge >= 0.3 is 22.8 Å². The zero-order chi connectivity index (χ0) is 92.6. The molecule has 0 aliphatic carbocycles. The molecule has 12 amide bonds. The van der Waals surface area contributed by atoms with Gasteiger partial charge in [-0.05, 0) is 93.5 Å². The minimum absolute atomic E-state index is 0.00283. The van der Waals surface area contributed by atoms with Crippen LogP contribution >= 0.6 is 0 Å². The van der Waals surface area contributed by atoms with Gasteiger partial charge in [-0.25, -0.2) is 24.2 Å². The number of H-pyrrole nitrogens is 4. The summed E-state index contributed by atoms with van der Waals surface area (Å²) in [5.41, 5.74) is 9.67. The van der Waals surface area contributed by atoms with E-state index in [1.54, 1.807) is 36.4 Å². The van der Waals surface area contributed by atoms with Crippen molar-refractivity contribution >= 4 is 137 Å². The highest BCUT2D eigenvalue weighted by molar-refractivity contribution is 6.16. The Morgan fingerprint density at radius 2 is 0.797 bits per heavy atom. The minimum atomic E-state index is -2.33. The summed E-state index contributed by atoms with van der Waals surface area (Å²) in [6, 6.07) is 18.9. The summed E-state index contributed by atoms with van der Waals surface area (Å²) in [4.78, 5) is 294. The lowest BCUT2D eigenvalue weighted by Crippen LogP contribution is -2.62. The van der Waals surface area contributed by atoms with Crippen molar-refractivity contribution in [3.05, 3.63) is 223 Å². The van der Waals surface area contributed by atoms with Crippen molar-refractivity contribution in [2.75, 3.05) is 46.3 Å². The molecule has 0 fully saturated rings. The van der Waals surface area contributed by atoms with Crippen LogP contribution in [0.4, 0.5) is 0 Å². The van der Waals surface area contributed by atoms with Crippen LogP contribution in [0, 0.1) is 10.8 Å². The molecule has 24 N–H and O–H groups in total. The van der Waals surface area contributed by atoms with Crippen LogP contribution in [0.15, 0.2) is 172 Å². The van der Waals surface area contributed by atoms with Crippen molar-refractivity contribution in [2.45, 2.75) is 120 Å². The van der Waals surface area contributed by atoms with Gasteiger partial charge in [-0.15, -0.1) is 0 Å². The number of guanidine groups is 2. The summed E-state index contributed by atoms with van der Waals surface area (Å²) in [7, 11) is 0.989. The predicted octanol–water partition coefficient (Wildman–Crippen LogP) is -6.94. The first-order chi connectivity index (χ1) is 61.1. The van der Waals surface area contributed by atoms with Crippen molar-refractivity contribution in [1.82, 2.24) is 112 Å². The maximum Gasteiger partial charge on any atom is 0.328 e. The second-order valence-electron chi connectivity index (χ2n) is 29.5. The van der Waals surface area contributed by atoms with Gasteiger partial charge in [0.15, 0.2) is 11.9 Å². The fourth-order valence-electron chi connectivity index (χ4n) is 13.8. The van der Waals surface area contributed by atoms with E-state index < -0.39 is 210 Å². The van der Waals surface area contributed by atoms with Crippen LogP contribution < -0.4 is 126 Å². The SMILES string of the molecule is CC(=O)N[C@@H](CCCCNC(=O)c1c2ccccc2nc2ccccc12)C(=O)NCC(=O)NCC(=O)N[C@@H](CCCNC(=N)N)C(=O)N[C@H](Cn1ccc(=O)[nH]c1=O)C(=O)N(C)CC(=O)N[C@H](Cn1c(=O)[nH]c2ccccc2c1=O)C(=O)N[C@H](Cn1c(=O)[nH]c2ccccc2c1=O)C(=O)N[C@H](Cn1c(=O)[nH]c2ccccc2c1=O)C(=O)N[C@@H](CCCNC(=N)N)C(N)=O. The quantitative estimate of drug-likeness (QED) is 0.00732. The zero-order valence-corrected chi connectivity index (χ0v) is 68.8. The number of hydrogen-bond donors (Lipinski definition) is 21. The van der Waals surface area contributed by atoms with Crippen LogP contribution in [0.25, 0.3) is 54.5 Å². The number of benzene rings is 5. The first kappa shape index (κ1) is 93.7. The van der Waals surface area contributed by atoms with Gasteiger partial charge < -0.3 is 101 Å². The molecule has 0 spiro atoms. The highest BCUT2D eigenvalue weighted by Crippen LogP contribution is 2.26. The highest BCUT2D eigenvalue weighted by Gasteiger charge is 2.36. The molecule has 47 heteroatoms. The average molecular weight is 1760 g/mol. The summed E-state index contributed by atoms with van der Waals surface area (Å²) in [6.45, 7) is -5.73. The van der Waals surface area contributed by atoms with Crippen molar-refractivity contribution in [2.24, 2.45) is 17.2 Å². The summed E-state index contributed by atoms with van der Waals surface area (Å²) in [6.07, 6.45) is 1.11. The molecule has 5 aromatic carbocycles. The summed E-state index contributed by atoms with van der Waals surface area (Å²) in [5.74, 6) is -13.8. The van der Waals surface area contributed by atoms with E-state index in [4.69, 9.17) is 28.0 Å². The zero-order valence-electron chi connectivity index (χ0n) is 68.8. The standard InChI is InChI=1S/C81H93N27O20/c1-42(109)92-54(27-13-14-31-87-71(120)64-43-17-3-8-22-48(43)93-49-23-9-4-18-44(49)64)66(115)91-35-61(111)90-36-62(112)94-55(29-16-33-89-77(85)86)67(116)99-59(37-105-34-30-60(110)103-78(105)125)75(124)104(2)41-63(113)95-56(38-106-72(121)45-19-5-10-24-50(45)100-79(106)126)68(117)97-58(40-108-74(123)47-21-7-12-26-52(47)102-81(108)128)70(119)98-57(69(118)96-53(65(82)114)28-15-32-88-76(83)84)39-107-73(122)46-20-6-11-25-51(46)101-80(107)127/h3-12,17-26,30,34,53-59H,13-16,27-29,31-33,35-41H2,1-2H3,(H2,82,114)(H,87,120)(H,90,111)(H,91,115)(H,92,109)(H,94,112)(H,95,113)(H,96,118)(H,97,117)(H,98,119)(H,99,116)(H,100,126)(H,101,127)(H,102,128)(H4,83,84,88)(H4,85,86,89)(H,103,110,125)/t53-,54-,55-,56+,57+,58+,59+/m0/s1. The number of nitrogens with two attached hydrogens (primary N) is 3. The Labute approximate surface area is 720 Å². The van der Waals surface area contributed by atoms with Crippen molar-refractivity contribution in [1.29, 1.82) is 10.8 Å². The molecule has 0 aliphatic rings. The van der Waals surface area contributed by atoms with Gasteiger partial charge in [0.05, 0.1) is 95.1 Å². The van der Waals surface area contributed by atoms with Gasteiger partial charge in [0.25, 0.3) is 28.1 Å². The molecule has 0 bridgehead atoms. The molecule has 128 heavy (non-hydrogen) atoms. The van der Waals surface area contributed by atoms with Gasteiger partial charge in [-0.1, -0.05) is 72.8 Å². The molecule has 10 aromatic rings. The molecule has 10 rings (SSSR count). The Bertz CT molecular complexity index is 6450. The number of hydrogen-bond acceptors (Lipinski definition) is 23. The smallest absolute Gasteiger partial charge is 0.328 e. The number of primary amides is 1. The van der Waals surface area contributed by atoms with Gasteiger partial charge in [0.1, 0.15) is 42.3 Å². The van der Waals surface area contributed by atoms with E-state index in [1.165, 1.54) is 79.7 Å². The molecule has 5 heterocycles. The Kier molecular flexibility index (Phi) is 31.8. The second-order valence-corrected chi connectivity index (χ2v) is 29.5. The van der Waals surface area contributed by atoms with Gasteiger partial charge in [0, 0.05) is 56.6 Å². The third-order valence-electron chi connectivity index (χ3n) is 20.2. The molecule has 0 saturated heterocycles. The lowest BCUT2D eigenvalue weighted by molar-refractivity contribution is -0.140. The Balaban J connectivity index is 0.872. The van der Waals surface area contributed by atoms with Crippen LogP contribution in [0.1, 0.15) is 62.2 Å². The maximum atomic E-state index is 15.4. The molecule has 47 nitrogen and oxygen atoms in total. The topological polar surface area (TPSA) is 711 Å². The summed E-state index contributed by atoms with van der Waals surface area (Å²) >= 11 is 0. The number of unbranched alkanes of at least 4 members (excludes halogenated alkanes) is 1. The van der Waals surface area contributed by atoms with Crippen molar-refractivity contribution < 1.29 is 57.5 Å². The summed E-state index contributed by atoms with van der Waals surface area (Å²) < 4.78 is 2.19. The Hall–Kier alpha value is -16.6. The van der Waals surface area contributed by atoms with Gasteiger partial charge in [-0.2, -0.15) is 0 Å². The van der Waals surface area contributed by atoms with Crippen molar-refractivity contribution in [3.63, 3.8) is 0 Å². The first-order valence-electron chi connectivity index (χ1n) is 40.0. The van der Waals surface area contributed by atoms with E-state index in [0.717, 1.165) is 23.9 Å². The molecule has 0 saturated carbocycles. The lowest BCUT2D eigenvalue weighted by atomic mass is 10.0. The van der Waals surface area contributed by atoms with Crippen LogP contribution in [0.2, 0.25) is 0 Å². The average Bonchev–Trinajstić information content (AvgIpc) is 0.710.